The standard InChI is InChI=1S/C20H25N3O3S/c24-18-13-27-17-7-6-15(12-16(17)21-18)20(26)23-10-8-22(9-11-23)19(25)14-4-2-1-3-5-14/h6-7,12,14H,1-5,8-11,13H2,(H,21,24). The van der Waals surface area contributed by atoms with Crippen LogP contribution < -0.4 is 5.32 Å². The largest absolute Gasteiger partial charge is 0.339 e. The number of hydrogen-bond acceptors (Lipinski definition) is 4. The number of nitrogens with zero attached hydrogens (tertiary/aromatic N) is 2. The molecule has 7 heteroatoms. The summed E-state index contributed by atoms with van der Waals surface area (Å²) in [5.41, 5.74) is 1.30. The Morgan fingerprint density at radius 1 is 1.00 bits per heavy atom. The van der Waals surface area contributed by atoms with Gasteiger partial charge in [0.2, 0.25) is 11.8 Å². The summed E-state index contributed by atoms with van der Waals surface area (Å²) in [6.45, 7) is 2.35. The average molecular weight is 388 g/mol. The van der Waals surface area contributed by atoms with E-state index < -0.39 is 0 Å². The van der Waals surface area contributed by atoms with E-state index in [1.807, 2.05) is 21.9 Å². The second-order valence-electron chi connectivity index (χ2n) is 7.50. The summed E-state index contributed by atoms with van der Waals surface area (Å²) in [7, 11) is 0. The number of nitrogens with one attached hydrogen (secondary N) is 1. The van der Waals surface area contributed by atoms with Crippen LogP contribution in [0.15, 0.2) is 23.1 Å². The van der Waals surface area contributed by atoms with Gasteiger partial charge in [-0.3, -0.25) is 14.4 Å². The van der Waals surface area contributed by atoms with Crippen LogP contribution in [-0.4, -0.2) is 59.5 Å². The van der Waals surface area contributed by atoms with Crippen LogP contribution in [0.1, 0.15) is 42.5 Å². The van der Waals surface area contributed by atoms with E-state index in [1.54, 1.807) is 6.07 Å². The topological polar surface area (TPSA) is 69.7 Å². The monoisotopic (exact) mass is 387 g/mol. The quantitative estimate of drug-likeness (QED) is 0.847. The number of rotatable bonds is 2. The number of piperazine rings is 1. The number of carbonyl (C=O) groups excluding carboxylic acids is 3. The minimum Gasteiger partial charge on any atom is -0.339 e. The van der Waals surface area contributed by atoms with E-state index in [-0.39, 0.29) is 23.6 Å². The molecule has 27 heavy (non-hydrogen) atoms. The predicted octanol–water partition coefficient (Wildman–Crippen LogP) is 2.60. The smallest absolute Gasteiger partial charge is 0.254 e. The van der Waals surface area contributed by atoms with Crippen LogP contribution in [0.2, 0.25) is 0 Å². The lowest BCUT2D eigenvalue weighted by molar-refractivity contribution is -0.138. The summed E-state index contributed by atoms with van der Waals surface area (Å²) in [5, 5.41) is 2.83. The number of carbonyl (C=O) groups is 3. The van der Waals surface area contributed by atoms with Gasteiger partial charge in [0.1, 0.15) is 0 Å². The van der Waals surface area contributed by atoms with Gasteiger partial charge < -0.3 is 15.1 Å². The number of amides is 3. The molecule has 144 valence electrons. The summed E-state index contributed by atoms with van der Waals surface area (Å²) >= 11 is 1.49. The number of benzene rings is 1. The molecular weight excluding hydrogens is 362 g/mol. The molecule has 0 radical (unpaired) electrons. The highest BCUT2D eigenvalue weighted by atomic mass is 32.2. The van der Waals surface area contributed by atoms with Crippen LogP contribution in [0.4, 0.5) is 5.69 Å². The Bertz CT molecular complexity index is 753. The van der Waals surface area contributed by atoms with E-state index in [0.717, 1.165) is 30.6 Å². The first-order valence-corrected chi connectivity index (χ1v) is 10.7. The van der Waals surface area contributed by atoms with Crippen molar-refractivity contribution >= 4 is 35.2 Å². The molecule has 1 aromatic carbocycles. The van der Waals surface area contributed by atoms with Crippen molar-refractivity contribution in [3.63, 3.8) is 0 Å². The van der Waals surface area contributed by atoms with E-state index in [2.05, 4.69) is 5.32 Å². The van der Waals surface area contributed by atoms with E-state index >= 15 is 0 Å². The Hall–Kier alpha value is -2.02. The van der Waals surface area contributed by atoms with Gasteiger partial charge in [-0.15, -0.1) is 11.8 Å². The fraction of sp³-hybridized carbons (Fsp3) is 0.550. The molecule has 2 fully saturated rings. The molecule has 0 spiro atoms. The molecule has 3 aliphatic rings. The number of anilines is 1. The highest BCUT2D eigenvalue weighted by Crippen LogP contribution is 2.32. The average Bonchev–Trinajstić information content (AvgIpc) is 2.73. The van der Waals surface area contributed by atoms with Gasteiger partial charge in [0.05, 0.1) is 11.4 Å². The van der Waals surface area contributed by atoms with Gasteiger partial charge in [0, 0.05) is 42.6 Å². The molecule has 2 heterocycles. The second-order valence-corrected chi connectivity index (χ2v) is 8.52. The number of fused-ring (bicyclic) bond motifs is 1. The number of hydrogen-bond donors (Lipinski definition) is 1. The molecule has 4 rings (SSSR count). The summed E-state index contributed by atoms with van der Waals surface area (Å²) in [4.78, 5) is 41.8. The highest BCUT2D eigenvalue weighted by Gasteiger charge is 2.30. The first-order valence-electron chi connectivity index (χ1n) is 9.76. The van der Waals surface area contributed by atoms with Gasteiger partial charge in [-0.05, 0) is 31.0 Å². The van der Waals surface area contributed by atoms with Crippen molar-refractivity contribution in [2.24, 2.45) is 5.92 Å². The van der Waals surface area contributed by atoms with Gasteiger partial charge in [0.15, 0.2) is 0 Å². The molecule has 1 aliphatic carbocycles. The summed E-state index contributed by atoms with van der Waals surface area (Å²) < 4.78 is 0. The lowest BCUT2D eigenvalue weighted by Crippen LogP contribution is -2.52. The Morgan fingerprint density at radius 3 is 2.44 bits per heavy atom. The van der Waals surface area contributed by atoms with Crippen LogP contribution in [0, 0.1) is 5.92 Å². The fourth-order valence-electron chi connectivity index (χ4n) is 4.14. The van der Waals surface area contributed by atoms with E-state index in [9.17, 15) is 14.4 Å². The lowest BCUT2D eigenvalue weighted by Gasteiger charge is -2.37. The van der Waals surface area contributed by atoms with Gasteiger partial charge >= 0.3 is 0 Å². The third-order valence-electron chi connectivity index (χ3n) is 5.69. The third kappa shape index (κ3) is 3.98. The molecule has 1 saturated carbocycles. The lowest BCUT2D eigenvalue weighted by atomic mass is 9.88. The molecular formula is C20H25N3O3S. The van der Waals surface area contributed by atoms with E-state index in [0.29, 0.717) is 43.2 Å². The normalized spacial score (nSPS) is 20.8. The van der Waals surface area contributed by atoms with Crippen molar-refractivity contribution < 1.29 is 14.4 Å². The minimum absolute atomic E-state index is 0.0348. The molecule has 2 aliphatic heterocycles. The predicted molar refractivity (Wildman–Crippen MR) is 105 cm³/mol. The Balaban J connectivity index is 1.36. The molecule has 0 unspecified atom stereocenters. The molecule has 6 nitrogen and oxygen atoms in total. The zero-order valence-corrected chi connectivity index (χ0v) is 16.2. The third-order valence-corrected chi connectivity index (χ3v) is 6.77. The van der Waals surface area contributed by atoms with Crippen molar-refractivity contribution in [2.45, 2.75) is 37.0 Å². The van der Waals surface area contributed by atoms with Crippen LogP contribution in [0.5, 0.6) is 0 Å². The van der Waals surface area contributed by atoms with Crippen molar-refractivity contribution in [3.8, 4) is 0 Å². The number of thioether (sulfide) groups is 1. The van der Waals surface area contributed by atoms with Gasteiger partial charge in [-0.2, -0.15) is 0 Å². The summed E-state index contributed by atoms with van der Waals surface area (Å²) in [6, 6.07) is 5.49. The first kappa shape index (κ1) is 18.3. The minimum atomic E-state index is -0.0352. The molecule has 1 N–H and O–H groups in total. The fourth-order valence-corrected chi connectivity index (χ4v) is 4.92. The molecule has 1 saturated heterocycles. The van der Waals surface area contributed by atoms with Crippen LogP contribution >= 0.6 is 11.8 Å². The molecule has 3 amide bonds. The van der Waals surface area contributed by atoms with Gasteiger partial charge in [-0.1, -0.05) is 19.3 Å². The Morgan fingerprint density at radius 2 is 1.70 bits per heavy atom. The van der Waals surface area contributed by atoms with Crippen molar-refractivity contribution in [3.05, 3.63) is 23.8 Å². The van der Waals surface area contributed by atoms with Crippen molar-refractivity contribution in [2.75, 3.05) is 37.2 Å². The second kappa shape index (κ2) is 7.92. The highest BCUT2D eigenvalue weighted by molar-refractivity contribution is 8.00. The maximum absolute atomic E-state index is 12.8. The molecule has 0 bridgehead atoms. The first-order chi connectivity index (χ1) is 13.1. The Labute approximate surface area is 163 Å². The van der Waals surface area contributed by atoms with Crippen LogP contribution in [0.3, 0.4) is 0 Å². The van der Waals surface area contributed by atoms with Crippen LogP contribution in [-0.2, 0) is 9.59 Å². The van der Waals surface area contributed by atoms with Crippen LogP contribution in [0.25, 0.3) is 0 Å². The zero-order valence-electron chi connectivity index (χ0n) is 15.4. The molecule has 1 aromatic rings. The Kier molecular flexibility index (Phi) is 5.38. The summed E-state index contributed by atoms with van der Waals surface area (Å²) in [5.74, 6) is 0.800. The van der Waals surface area contributed by atoms with Gasteiger partial charge in [-0.25, -0.2) is 0 Å². The van der Waals surface area contributed by atoms with Crippen molar-refractivity contribution in [1.82, 2.24) is 9.80 Å². The zero-order chi connectivity index (χ0) is 18.8. The maximum Gasteiger partial charge on any atom is 0.254 e. The summed E-state index contributed by atoms with van der Waals surface area (Å²) in [6.07, 6.45) is 5.57. The maximum atomic E-state index is 12.8. The van der Waals surface area contributed by atoms with Crippen molar-refractivity contribution in [1.29, 1.82) is 0 Å². The van der Waals surface area contributed by atoms with E-state index in [4.69, 9.17) is 0 Å². The molecule has 0 atom stereocenters. The molecule has 0 aromatic heterocycles. The SMILES string of the molecule is O=C1CSc2ccc(C(=O)N3CCN(C(=O)C4CCCCC4)CC3)cc2N1. The van der Waals surface area contributed by atoms with Gasteiger partial charge in [0.25, 0.3) is 5.91 Å². The van der Waals surface area contributed by atoms with E-state index in [1.165, 1.54) is 18.2 Å².